The van der Waals surface area contributed by atoms with Crippen LogP contribution >= 0.6 is 0 Å². The lowest BCUT2D eigenvalue weighted by molar-refractivity contribution is 0.613. The highest BCUT2D eigenvalue weighted by Gasteiger charge is 2.12. The maximum absolute atomic E-state index is 5.27. The fourth-order valence-corrected chi connectivity index (χ4v) is 5.02. The molecule has 0 bridgehead atoms. The van der Waals surface area contributed by atoms with Gasteiger partial charge >= 0.3 is 0 Å². The van der Waals surface area contributed by atoms with E-state index in [0.717, 1.165) is 24.2 Å². The van der Waals surface area contributed by atoms with Gasteiger partial charge in [0.15, 0.2) is 0 Å². The molecule has 0 saturated heterocycles. The van der Waals surface area contributed by atoms with Gasteiger partial charge in [0.05, 0.1) is 22.8 Å². The number of hydrogen-bond acceptors (Lipinski definition) is 2. The molecular formula is C34H52N2. The highest BCUT2D eigenvalue weighted by Crippen LogP contribution is 2.23. The van der Waals surface area contributed by atoms with Crippen LogP contribution in [-0.2, 0) is 0 Å². The minimum atomic E-state index is 1.01. The standard InChI is InChI=1S/C34H52N2/c1-7-9-11-13-15-17-19-33(35-31-23-27(3)21-28(4)24-31)34(20-18-16-14-12-10-8-2)36-32-25-29(5)22-30(6)26-32/h21-26H,7-20H2,1-6H3. The third-order valence-electron chi connectivity index (χ3n) is 6.81. The van der Waals surface area contributed by atoms with Crippen molar-refractivity contribution >= 4 is 22.8 Å². The number of aryl methyl sites for hydroxylation is 4. The Morgan fingerprint density at radius 2 is 0.750 bits per heavy atom. The summed E-state index contributed by atoms with van der Waals surface area (Å²) in [5, 5.41) is 0. The third kappa shape index (κ3) is 12.2. The molecule has 0 atom stereocenters. The first-order valence-electron chi connectivity index (χ1n) is 14.7. The Kier molecular flexibility index (Phi) is 14.4. The van der Waals surface area contributed by atoms with E-state index >= 15 is 0 Å². The van der Waals surface area contributed by atoms with Crippen molar-refractivity contribution in [3.05, 3.63) is 58.7 Å². The van der Waals surface area contributed by atoms with Crippen molar-refractivity contribution in [3.63, 3.8) is 0 Å². The first-order chi connectivity index (χ1) is 17.4. The molecule has 198 valence electrons. The number of nitrogens with zero attached hydrogens (tertiary/aromatic N) is 2. The van der Waals surface area contributed by atoms with Crippen LogP contribution in [0.5, 0.6) is 0 Å². The van der Waals surface area contributed by atoms with E-state index in [2.05, 4.69) is 77.9 Å². The molecule has 36 heavy (non-hydrogen) atoms. The van der Waals surface area contributed by atoms with Crippen LogP contribution in [0.15, 0.2) is 46.4 Å². The van der Waals surface area contributed by atoms with Gasteiger partial charge in [-0.15, -0.1) is 0 Å². The van der Waals surface area contributed by atoms with Gasteiger partial charge in [-0.25, -0.2) is 0 Å². The van der Waals surface area contributed by atoms with Crippen LogP contribution in [0.3, 0.4) is 0 Å². The van der Waals surface area contributed by atoms with Gasteiger partial charge in [-0.3, -0.25) is 9.98 Å². The molecule has 2 nitrogen and oxygen atoms in total. The topological polar surface area (TPSA) is 24.7 Å². The molecule has 0 radical (unpaired) electrons. The molecule has 0 aliphatic rings. The molecule has 0 N–H and O–H groups in total. The SMILES string of the molecule is CCCCCCCCC(=Nc1cc(C)cc(C)c1)C(CCCCCCCC)=Nc1cc(C)cc(C)c1. The van der Waals surface area contributed by atoms with Crippen molar-refractivity contribution in [2.24, 2.45) is 9.98 Å². The summed E-state index contributed by atoms with van der Waals surface area (Å²) in [5.41, 5.74) is 9.64. The fourth-order valence-electron chi connectivity index (χ4n) is 5.02. The van der Waals surface area contributed by atoms with Crippen molar-refractivity contribution in [2.45, 2.75) is 131 Å². The van der Waals surface area contributed by atoms with Crippen molar-refractivity contribution in [2.75, 3.05) is 0 Å². The molecule has 0 amide bonds. The van der Waals surface area contributed by atoms with Gasteiger partial charge < -0.3 is 0 Å². The fraction of sp³-hybridized carbons (Fsp3) is 0.588. The zero-order valence-corrected chi connectivity index (χ0v) is 24.3. The maximum atomic E-state index is 5.27. The van der Waals surface area contributed by atoms with Gasteiger partial charge in [0.2, 0.25) is 0 Å². The minimum absolute atomic E-state index is 1.01. The number of benzene rings is 2. The summed E-state index contributed by atoms with van der Waals surface area (Å²) < 4.78 is 0. The van der Waals surface area contributed by atoms with Crippen LogP contribution in [-0.4, -0.2) is 11.4 Å². The Labute approximate surface area is 222 Å². The van der Waals surface area contributed by atoms with Crippen LogP contribution < -0.4 is 0 Å². The van der Waals surface area contributed by atoms with Crippen LogP contribution in [0.25, 0.3) is 0 Å². The van der Waals surface area contributed by atoms with Crippen molar-refractivity contribution in [1.82, 2.24) is 0 Å². The second kappa shape index (κ2) is 17.3. The molecule has 0 unspecified atom stereocenters. The molecule has 0 fully saturated rings. The third-order valence-corrected chi connectivity index (χ3v) is 6.81. The number of rotatable bonds is 17. The van der Waals surface area contributed by atoms with Gasteiger partial charge in [-0.1, -0.05) is 90.2 Å². The highest BCUT2D eigenvalue weighted by molar-refractivity contribution is 6.43. The second-order valence-corrected chi connectivity index (χ2v) is 10.8. The Morgan fingerprint density at radius 3 is 1.08 bits per heavy atom. The van der Waals surface area contributed by atoms with E-state index in [1.165, 1.54) is 111 Å². The summed E-state index contributed by atoms with van der Waals surface area (Å²) in [4.78, 5) is 10.5. The van der Waals surface area contributed by atoms with E-state index in [-0.39, 0.29) is 0 Å². The Morgan fingerprint density at radius 1 is 0.444 bits per heavy atom. The Hall–Kier alpha value is -2.22. The molecule has 2 heteroatoms. The average molecular weight is 489 g/mol. The monoisotopic (exact) mass is 488 g/mol. The first kappa shape index (κ1) is 30.0. The molecule has 0 saturated carbocycles. The van der Waals surface area contributed by atoms with E-state index in [4.69, 9.17) is 9.98 Å². The van der Waals surface area contributed by atoms with Crippen LogP contribution in [0.2, 0.25) is 0 Å². The minimum Gasteiger partial charge on any atom is -0.252 e. The lowest BCUT2D eigenvalue weighted by Gasteiger charge is -2.13. The molecular weight excluding hydrogens is 436 g/mol. The van der Waals surface area contributed by atoms with E-state index < -0.39 is 0 Å². The van der Waals surface area contributed by atoms with Gasteiger partial charge in [-0.2, -0.15) is 0 Å². The van der Waals surface area contributed by atoms with E-state index in [0.29, 0.717) is 0 Å². The predicted octanol–water partition coefficient (Wildman–Crippen LogP) is 11.3. The molecule has 0 heterocycles. The second-order valence-electron chi connectivity index (χ2n) is 10.8. The van der Waals surface area contributed by atoms with Gasteiger partial charge in [0, 0.05) is 0 Å². The van der Waals surface area contributed by atoms with Gasteiger partial charge in [0.25, 0.3) is 0 Å². The van der Waals surface area contributed by atoms with Gasteiger partial charge in [-0.05, 0) is 99.9 Å². The molecule has 0 aliphatic heterocycles. The lowest BCUT2D eigenvalue weighted by atomic mass is 9.99. The smallest absolute Gasteiger partial charge is 0.0639 e. The summed E-state index contributed by atoms with van der Waals surface area (Å²) in [6, 6.07) is 13.3. The molecule has 2 rings (SSSR count). The summed E-state index contributed by atoms with van der Waals surface area (Å²) in [5.74, 6) is 0. The van der Waals surface area contributed by atoms with Crippen LogP contribution in [0.1, 0.15) is 126 Å². The molecule has 2 aromatic rings. The normalized spacial score (nSPS) is 12.4. The first-order valence-corrected chi connectivity index (χ1v) is 14.7. The largest absolute Gasteiger partial charge is 0.252 e. The number of unbranched alkanes of at least 4 members (excludes halogenated alkanes) is 10. The van der Waals surface area contributed by atoms with Crippen molar-refractivity contribution < 1.29 is 0 Å². The summed E-state index contributed by atoms with van der Waals surface area (Å²) in [6.07, 6.45) is 17.6. The summed E-state index contributed by atoms with van der Waals surface area (Å²) in [7, 11) is 0. The molecule has 0 spiro atoms. The molecule has 0 aliphatic carbocycles. The average Bonchev–Trinajstić information content (AvgIpc) is 2.80. The highest BCUT2D eigenvalue weighted by atomic mass is 14.8. The molecule has 2 aromatic carbocycles. The maximum Gasteiger partial charge on any atom is 0.0639 e. The quantitative estimate of drug-likeness (QED) is 0.156. The zero-order chi connectivity index (χ0) is 26.2. The van der Waals surface area contributed by atoms with Crippen molar-refractivity contribution in [1.29, 1.82) is 0 Å². The van der Waals surface area contributed by atoms with E-state index in [1.54, 1.807) is 0 Å². The summed E-state index contributed by atoms with van der Waals surface area (Å²) >= 11 is 0. The zero-order valence-electron chi connectivity index (χ0n) is 24.3. The summed E-state index contributed by atoms with van der Waals surface area (Å²) in [6.45, 7) is 13.2. The number of hydrogen-bond donors (Lipinski definition) is 0. The predicted molar refractivity (Wildman–Crippen MR) is 162 cm³/mol. The Bertz CT molecular complexity index is 847. The van der Waals surface area contributed by atoms with Crippen LogP contribution in [0, 0.1) is 27.7 Å². The van der Waals surface area contributed by atoms with Crippen molar-refractivity contribution in [3.8, 4) is 0 Å². The lowest BCUT2D eigenvalue weighted by Crippen LogP contribution is -2.14. The van der Waals surface area contributed by atoms with Gasteiger partial charge in [0.1, 0.15) is 0 Å². The molecule has 0 aromatic heterocycles. The van der Waals surface area contributed by atoms with E-state index in [1.807, 2.05) is 0 Å². The van der Waals surface area contributed by atoms with Crippen LogP contribution in [0.4, 0.5) is 11.4 Å². The van der Waals surface area contributed by atoms with E-state index in [9.17, 15) is 0 Å². The Balaban J connectivity index is 2.33. The number of aliphatic imine (C=N–C) groups is 2.